The molecule has 2 rings (SSSR count). The van der Waals surface area contributed by atoms with Crippen molar-refractivity contribution in [2.75, 3.05) is 6.26 Å². The predicted octanol–water partition coefficient (Wildman–Crippen LogP) is 1.55. The van der Waals surface area contributed by atoms with Crippen LogP contribution in [-0.4, -0.2) is 46.9 Å². The van der Waals surface area contributed by atoms with Crippen LogP contribution in [0.3, 0.4) is 0 Å². The lowest BCUT2D eigenvalue weighted by molar-refractivity contribution is -0.0888. The van der Waals surface area contributed by atoms with Gasteiger partial charge in [0.2, 0.25) is 0 Å². The molecule has 0 aliphatic heterocycles. The molecule has 1 aromatic heterocycles. The SMILES string of the molecule is CS(=O)(=O)C1CCCC(n2cc(C(=O)C(F)(F)F)nn2)C1. The second-order valence-corrected chi connectivity index (χ2v) is 7.51. The summed E-state index contributed by atoms with van der Waals surface area (Å²) in [4.78, 5) is 11.0. The maximum atomic E-state index is 12.3. The Morgan fingerprint density at radius 2 is 2.05 bits per heavy atom. The summed E-state index contributed by atoms with van der Waals surface area (Å²) in [5, 5.41) is 6.24. The van der Waals surface area contributed by atoms with Crippen LogP contribution in [0.1, 0.15) is 42.2 Å². The molecule has 2 atom stereocenters. The zero-order chi connectivity index (χ0) is 15.8. The Kier molecular flexibility index (Phi) is 4.09. The van der Waals surface area contributed by atoms with Gasteiger partial charge in [-0.05, 0) is 19.3 Å². The number of hydrogen-bond acceptors (Lipinski definition) is 5. The number of halogens is 3. The maximum Gasteiger partial charge on any atom is 0.456 e. The number of nitrogens with zero attached hydrogens (tertiary/aromatic N) is 3. The van der Waals surface area contributed by atoms with Crippen LogP contribution in [0.25, 0.3) is 0 Å². The van der Waals surface area contributed by atoms with Crippen molar-refractivity contribution >= 4 is 15.6 Å². The fourth-order valence-electron chi connectivity index (χ4n) is 2.45. The second-order valence-electron chi connectivity index (χ2n) is 5.18. The molecular formula is C11H14F3N3O3S. The molecule has 10 heteroatoms. The van der Waals surface area contributed by atoms with E-state index in [9.17, 15) is 26.4 Å². The van der Waals surface area contributed by atoms with Gasteiger partial charge < -0.3 is 0 Å². The van der Waals surface area contributed by atoms with Crippen molar-refractivity contribution < 1.29 is 26.4 Å². The second kappa shape index (κ2) is 5.39. The third-order valence-electron chi connectivity index (χ3n) is 3.58. The first-order valence-electron chi connectivity index (χ1n) is 6.31. The first-order valence-corrected chi connectivity index (χ1v) is 8.26. The lowest BCUT2D eigenvalue weighted by Gasteiger charge is -2.27. The van der Waals surface area contributed by atoms with Crippen LogP contribution in [0, 0.1) is 0 Å². The summed E-state index contributed by atoms with van der Waals surface area (Å²) >= 11 is 0. The monoisotopic (exact) mass is 325 g/mol. The fraction of sp³-hybridized carbons (Fsp3) is 0.727. The summed E-state index contributed by atoms with van der Waals surface area (Å²) in [5.41, 5.74) is -0.774. The zero-order valence-electron chi connectivity index (χ0n) is 11.2. The minimum atomic E-state index is -5.00. The first kappa shape index (κ1) is 15.9. The largest absolute Gasteiger partial charge is 0.456 e. The van der Waals surface area contributed by atoms with E-state index in [1.165, 1.54) is 0 Å². The summed E-state index contributed by atoms with van der Waals surface area (Å²) in [6, 6.07) is -0.360. The maximum absolute atomic E-state index is 12.3. The third-order valence-corrected chi connectivity index (χ3v) is 5.22. The Morgan fingerprint density at radius 1 is 1.38 bits per heavy atom. The van der Waals surface area contributed by atoms with E-state index in [2.05, 4.69) is 10.3 Å². The van der Waals surface area contributed by atoms with Crippen molar-refractivity contribution in [2.24, 2.45) is 0 Å². The molecule has 1 aliphatic carbocycles. The molecule has 1 saturated carbocycles. The van der Waals surface area contributed by atoms with E-state index in [0.717, 1.165) is 17.1 Å². The Morgan fingerprint density at radius 3 is 2.62 bits per heavy atom. The summed E-state index contributed by atoms with van der Waals surface area (Å²) in [7, 11) is -3.21. The van der Waals surface area contributed by atoms with Crippen molar-refractivity contribution in [1.29, 1.82) is 0 Å². The number of aromatic nitrogens is 3. The van der Waals surface area contributed by atoms with Crippen molar-refractivity contribution in [3.8, 4) is 0 Å². The smallest absolute Gasteiger partial charge is 0.282 e. The highest BCUT2D eigenvalue weighted by molar-refractivity contribution is 7.91. The van der Waals surface area contributed by atoms with Gasteiger partial charge in [-0.2, -0.15) is 13.2 Å². The molecule has 21 heavy (non-hydrogen) atoms. The molecule has 6 nitrogen and oxygen atoms in total. The van der Waals surface area contributed by atoms with E-state index in [1.54, 1.807) is 0 Å². The number of carbonyl (C=O) groups excluding carboxylic acids is 1. The van der Waals surface area contributed by atoms with Gasteiger partial charge in [0, 0.05) is 6.26 Å². The number of ketones is 1. The third kappa shape index (κ3) is 3.60. The van der Waals surface area contributed by atoms with Gasteiger partial charge in [-0.3, -0.25) is 4.79 Å². The quantitative estimate of drug-likeness (QED) is 0.788. The summed E-state index contributed by atoms with van der Waals surface area (Å²) in [6.07, 6.45) is -0.909. The highest BCUT2D eigenvalue weighted by atomic mass is 32.2. The minimum absolute atomic E-state index is 0.266. The van der Waals surface area contributed by atoms with Crippen LogP contribution in [0.2, 0.25) is 0 Å². The topological polar surface area (TPSA) is 81.9 Å². The number of rotatable bonds is 3. The molecule has 0 bridgehead atoms. The Balaban J connectivity index is 2.16. The Bertz CT molecular complexity index is 639. The van der Waals surface area contributed by atoms with Gasteiger partial charge >= 0.3 is 6.18 Å². The normalized spacial score (nSPS) is 24.0. The molecule has 0 radical (unpaired) electrons. The Hall–Kier alpha value is -1.45. The average Bonchev–Trinajstić information content (AvgIpc) is 2.85. The predicted molar refractivity (Wildman–Crippen MR) is 66.5 cm³/mol. The minimum Gasteiger partial charge on any atom is -0.282 e. The summed E-state index contributed by atoms with van der Waals surface area (Å²) in [6.45, 7) is 0. The van der Waals surface area contributed by atoms with E-state index < -0.39 is 32.7 Å². The first-order chi connectivity index (χ1) is 9.59. The van der Waals surface area contributed by atoms with Crippen LogP contribution in [0.4, 0.5) is 13.2 Å². The van der Waals surface area contributed by atoms with Crippen LogP contribution in [-0.2, 0) is 9.84 Å². The van der Waals surface area contributed by atoms with Crippen LogP contribution in [0.5, 0.6) is 0 Å². The molecule has 0 aromatic carbocycles. The van der Waals surface area contributed by atoms with Crippen molar-refractivity contribution in [2.45, 2.75) is 43.2 Å². The highest BCUT2D eigenvalue weighted by Crippen LogP contribution is 2.31. The fourth-order valence-corrected chi connectivity index (χ4v) is 3.62. The summed E-state index contributed by atoms with van der Waals surface area (Å²) in [5.74, 6) is -2.05. The van der Waals surface area contributed by atoms with Crippen molar-refractivity contribution in [1.82, 2.24) is 15.0 Å². The van der Waals surface area contributed by atoms with E-state index in [4.69, 9.17) is 0 Å². The molecule has 118 valence electrons. The standard InChI is InChI=1S/C11H14F3N3O3S/c1-21(19,20)8-4-2-3-7(5-8)17-6-9(15-16-17)10(18)11(12,13)14/h6-8H,2-5H2,1H3. The lowest BCUT2D eigenvalue weighted by Crippen LogP contribution is -2.29. The van der Waals surface area contributed by atoms with Gasteiger partial charge in [-0.25, -0.2) is 13.1 Å². The van der Waals surface area contributed by atoms with E-state index in [0.29, 0.717) is 19.3 Å². The number of hydrogen-bond donors (Lipinski definition) is 0. The van der Waals surface area contributed by atoms with Gasteiger partial charge in [0.1, 0.15) is 9.84 Å². The molecule has 0 saturated heterocycles. The van der Waals surface area contributed by atoms with Gasteiger partial charge in [0.25, 0.3) is 5.78 Å². The Labute approximate surface area is 119 Å². The van der Waals surface area contributed by atoms with E-state index in [-0.39, 0.29) is 12.5 Å². The van der Waals surface area contributed by atoms with Gasteiger partial charge in [0.05, 0.1) is 17.5 Å². The van der Waals surface area contributed by atoms with E-state index in [1.807, 2.05) is 0 Å². The molecule has 1 aromatic rings. The molecule has 1 fully saturated rings. The van der Waals surface area contributed by atoms with Crippen molar-refractivity contribution in [3.05, 3.63) is 11.9 Å². The molecular weight excluding hydrogens is 311 g/mol. The summed E-state index contributed by atoms with van der Waals surface area (Å²) < 4.78 is 61.2. The molecule has 0 spiro atoms. The molecule has 1 heterocycles. The number of carbonyl (C=O) groups is 1. The number of Topliss-reactive ketones (excluding diaryl/α,β-unsaturated/α-hetero) is 1. The van der Waals surface area contributed by atoms with Crippen LogP contribution in [0.15, 0.2) is 6.20 Å². The number of alkyl halides is 3. The van der Waals surface area contributed by atoms with Crippen LogP contribution < -0.4 is 0 Å². The zero-order valence-corrected chi connectivity index (χ0v) is 12.0. The van der Waals surface area contributed by atoms with Gasteiger partial charge in [0.15, 0.2) is 5.69 Å². The lowest BCUT2D eigenvalue weighted by atomic mass is 9.95. The molecule has 0 amide bonds. The van der Waals surface area contributed by atoms with Crippen LogP contribution >= 0.6 is 0 Å². The number of sulfone groups is 1. The van der Waals surface area contributed by atoms with Gasteiger partial charge in [-0.1, -0.05) is 11.6 Å². The van der Waals surface area contributed by atoms with Crippen molar-refractivity contribution in [3.63, 3.8) is 0 Å². The average molecular weight is 325 g/mol. The molecule has 1 aliphatic rings. The molecule has 2 unspecified atom stereocenters. The van der Waals surface area contributed by atoms with E-state index >= 15 is 0 Å². The molecule has 0 N–H and O–H groups in total. The van der Waals surface area contributed by atoms with Gasteiger partial charge in [-0.15, -0.1) is 5.10 Å². The highest BCUT2D eigenvalue weighted by Gasteiger charge is 2.41.